The third kappa shape index (κ3) is 3.84. The summed E-state index contributed by atoms with van der Waals surface area (Å²) < 4.78 is 5.12. The summed E-state index contributed by atoms with van der Waals surface area (Å²) in [6.07, 6.45) is 1.70. The number of rotatable bonds is 3. The highest BCUT2D eigenvalue weighted by molar-refractivity contribution is 6.37. The second-order valence-electron chi connectivity index (χ2n) is 3.83. The van der Waals surface area contributed by atoms with E-state index in [0.29, 0.717) is 21.7 Å². The molecule has 0 radical (unpaired) electrons. The highest BCUT2D eigenvalue weighted by Crippen LogP contribution is 2.36. The minimum atomic E-state index is 0.315. The highest BCUT2D eigenvalue weighted by Gasteiger charge is 2.12. The first-order valence-corrected chi connectivity index (χ1v) is 6.34. The van der Waals surface area contributed by atoms with Gasteiger partial charge in [0.25, 0.3) is 0 Å². The van der Waals surface area contributed by atoms with Gasteiger partial charge in [-0.15, -0.1) is 11.8 Å². The molecule has 92 valence electrons. The van der Waals surface area contributed by atoms with E-state index in [0.717, 1.165) is 18.4 Å². The molecule has 1 aromatic carbocycles. The van der Waals surface area contributed by atoms with Gasteiger partial charge in [-0.1, -0.05) is 37.0 Å². The summed E-state index contributed by atoms with van der Waals surface area (Å²) in [5, 5.41) is 1.09. The number of hydrogen-bond acceptors (Lipinski definition) is 1. The van der Waals surface area contributed by atoms with E-state index in [1.165, 1.54) is 0 Å². The molecule has 1 atom stereocenters. The lowest BCUT2D eigenvalue weighted by Gasteiger charge is -2.12. The molecule has 1 nitrogen and oxygen atoms in total. The Morgan fingerprint density at radius 2 is 1.82 bits per heavy atom. The zero-order valence-electron chi connectivity index (χ0n) is 10.3. The summed E-state index contributed by atoms with van der Waals surface area (Å²) in [7, 11) is 1.56. The summed E-state index contributed by atoms with van der Waals surface area (Å²) in [6, 6.07) is 3.79. The van der Waals surface area contributed by atoms with Gasteiger partial charge in [-0.2, -0.15) is 0 Å². The van der Waals surface area contributed by atoms with E-state index in [4.69, 9.17) is 27.9 Å². The maximum Gasteiger partial charge on any atom is 0.156 e. The predicted octanol–water partition coefficient (Wildman–Crippen LogP) is 4.91. The van der Waals surface area contributed by atoms with Crippen LogP contribution in [0.3, 0.4) is 0 Å². The van der Waals surface area contributed by atoms with Crippen molar-refractivity contribution in [3.8, 4) is 17.6 Å². The van der Waals surface area contributed by atoms with Crippen molar-refractivity contribution in [1.82, 2.24) is 0 Å². The molecule has 0 spiro atoms. The SMILES string of the molecule is CCC#CCC(C)c1cc(Cl)c(OC)c(Cl)c1. The second-order valence-corrected chi connectivity index (χ2v) is 4.64. The molecular weight excluding hydrogens is 255 g/mol. The largest absolute Gasteiger partial charge is 0.494 e. The van der Waals surface area contributed by atoms with Gasteiger partial charge in [0.1, 0.15) is 0 Å². The summed E-state index contributed by atoms with van der Waals surface area (Å²) in [5.41, 5.74) is 1.09. The van der Waals surface area contributed by atoms with Gasteiger partial charge < -0.3 is 4.74 Å². The number of halogens is 2. The van der Waals surface area contributed by atoms with Crippen LogP contribution in [0.4, 0.5) is 0 Å². The van der Waals surface area contributed by atoms with Gasteiger partial charge in [0.2, 0.25) is 0 Å². The molecule has 0 amide bonds. The van der Waals surface area contributed by atoms with Crippen molar-refractivity contribution in [2.75, 3.05) is 7.11 Å². The smallest absolute Gasteiger partial charge is 0.156 e. The Bertz CT molecular complexity index is 420. The van der Waals surface area contributed by atoms with Crippen molar-refractivity contribution in [2.45, 2.75) is 32.6 Å². The van der Waals surface area contributed by atoms with Crippen LogP contribution >= 0.6 is 23.2 Å². The first kappa shape index (κ1) is 14.2. The van der Waals surface area contributed by atoms with Gasteiger partial charge in [-0.25, -0.2) is 0 Å². The normalized spacial score (nSPS) is 11.6. The van der Waals surface area contributed by atoms with Crippen molar-refractivity contribution >= 4 is 23.2 Å². The van der Waals surface area contributed by atoms with Crippen LogP contribution in [-0.2, 0) is 0 Å². The number of benzene rings is 1. The van der Waals surface area contributed by atoms with E-state index in [-0.39, 0.29) is 0 Å². The number of methoxy groups -OCH3 is 1. The van der Waals surface area contributed by atoms with Crippen molar-refractivity contribution in [3.63, 3.8) is 0 Å². The number of hydrogen-bond donors (Lipinski definition) is 0. The van der Waals surface area contributed by atoms with Gasteiger partial charge in [0.05, 0.1) is 17.2 Å². The van der Waals surface area contributed by atoms with Crippen LogP contribution in [0, 0.1) is 11.8 Å². The highest BCUT2D eigenvalue weighted by atomic mass is 35.5. The molecule has 0 saturated heterocycles. The average molecular weight is 271 g/mol. The first-order valence-electron chi connectivity index (χ1n) is 5.58. The maximum absolute atomic E-state index is 6.09. The van der Waals surface area contributed by atoms with Crippen LogP contribution in [0.15, 0.2) is 12.1 Å². The molecule has 3 heteroatoms. The minimum Gasteiger partial charge on any atom is -0.494 e. The summed E-state index contributed by atoms with van der Waals surface area (Å²) in [6.45, 7) is 4.15. The van der Waals surface area contributed by atoms with Crippen LogP contribution in [0.25, 0.3) is 0 Å². The third-order valence-electron chi connectivity index (χ3n) is 2.50. The van der Waals surface area contributed by atoms with E-state index < -0.39 is 0 Å². The molecule has 0 N–H and O–H groups in total. The fourth-order valence-electron chi connectivity index (χ4n) is 1.53. The van der Waals surface area contributed by atoms with Gasteiger partial charge in [-0.05, 0) is 23.6 Å². The molecule has 1 rings (SSSR count). The lowest BCUT2D eigenvalue weighted by molar-refractivity contribution is 0.415. The Morgan fingerprint density at radius 3 is 2.29 bits per heavy atom. The Kier molecular flexibility index (Phi) is 5.68. The summed E-state index contributed by atoms with van der Waals surface area (Å²) in [4.78, 5) is 0. The Hall–Kier alpha value is -0.840. The van der Waals surface area contributed by atoms with Crippen LogP contribution in [0.2, 0.25) is 10.0 Å². The Labute approximate surface area is 113 Å². The average Bonchev–Trinajstić information content (AvgIpc) is 2.28. The van der Waals surface area contributed by atoms with Crippen LogP contribution in [-0.4, -0.2) is 7.11 Å². The number of ether oxygens (including phenoxy) is 1. The quantitative estimate of drug-likeness (QED) is 0.710. The van der Waals surface area contributed by atoms with Crippen LogP contribution < -0.4 is 4.74 Å². The van der Waals surface area contributed by atoms with Crippen molar-refractivity contribution in [2.24, 2.45) is 0 Å². The third-order valence-corrected chi connectivity index (χ3v) is 3.07. The van der Waals surface area contributed by atoms with Gasteiger partial charge in [0, 0.05) is 12.8 Å². The minimum absolute atomic E-state index is 0.315. The standard InChI is InChI=1S/C14H16Cl2O/c1-4-5-6-7-10(2)11-8-12(15)14(17-3)13(16)9-11/h8-10H,4,7H2,1-3H3. The van der Waals surface area contributed by atoms with Crippen molar-refractivity contribution in [3.05, 3.63) is 27.7 Å². The van der Waals surface area contributed by atoms with Gasteiger partial charge >= 0.3 is 0 Å². The molecule has 0 fully saturated rings. The molecule has 0 heterocycles. The molecule has 0 bridgehead atoms. The van der Waals surface area contributed by atoms with E-state index in [9.17, 15) is 0 Å². The van der Waals surface area contributed by atoms with E-state index >= 15 is 0 Å². The van der Waals surface area contributed by atoms with Crippen molar-refractivity contribution < 1.29 is 4.74 Å². The molecule has 0 aliphatic rings. The van der Waals surface area contributed by atoms with Crippen LogP contribution in [0.5, 0.6) is 5.75 Å². The fourth-order valence-corrected chi connectivity index (χ4v) is 2.19. The molecule has 1 unspecified atom stereocenters. The van der Waals surface area contributed by atoms with Gasteiger partial charge in [0.15, 0.2) is 5.75 Å². The molecular formula is C14H16Cl2O. The lowest BCUT2D eigenvalue weighted by atomic mass is 9.98. The monoisotopic (exact) mass is 270 g/mol. The first-order chi connectivity index (χ1) is 8.10. The topological polar surface area (TPSA) is 9.23 Å². The Morgan fingerprint density at radius 1 is 1.24 bits per heavy atom. The van der Waals surface area contributed by atoms with Gasteiger partial charge in [-0.3, -0.25) is 0 Å². The van der Waals surface area contributed by atoms with Crippen LogP contribution in [0.1, 0.15) is 38.2 Å². The predicted molar refractivity (Wildman–Crippen MR) is 74.1 cm³/mol. The molecule has 17 heavy (non-hydrogen) atoms. The van der Waals surface area contributed by atoms with Crippen molar-refractivity contribution in [1.29, 1.82) is 0 Å². The Balaban J connectivity index is 2.92. The second kappa shape index (κ2) is 6.79. The van der Waals surface area contributed by atoms with E-state index in [2.05, 4.69) is 18.8 Å². The zero-order valence-corrected chi connectivity index (χ0v) is 11.8. The molecule has 0 aliphatic carbocycles. The van der Waals surface area contributed by atoms with E-state index in [1.807, 2.05) is 19.1 Å². The maximum atomic E-state index is 6.09. The fraction of sp³-hybridized carbons (Fsp3) is 0.429. The summed E-state index contributed by atoms with van der Waals surface area (Å²) in [5.74, 6) is 7.04. The summed E-state index contributed by atoms with van der Waals surface area (Å²) >= 11 is 12.2. The van der Waals surface area contributed by atoms with E-state index in [1.54, 1.807) is 7.11 Å². The molecule has 0 aromatic heterocycles. The zero-order chi connectivity index (χ0) is 12.8. The molecule has 1 aromatic rings. The molecule has 0 aliphatic heterocycles. The lowest BCUT2D eigenvalue weighted by Crippen LogP contribution is -1.94. The molecule has 0 saturated carbocycles.